The normalized spacial score (nSPS) is 19.4. The molecule has 3 aromatic rings. The van der Waals surface area contributed by atoms with Crippen molar-refractivity contribution >= 4 is 16.9 Å². The largest absolute Gasteiger partial charge is 0.454 e. The molecule has 0 unspecified atom stereocenters. The number of fused-ring (bicyclic) bond motifs is 2. The summed E-state index contributed by atoms with van der Waals surface area (Å²) in [6.45, 7) is 0.841. The number of aryl methyl sites for hydroxylation is 2. The molecule has 6 nitrogen and oxygen atoms in total. The second-order valence-electron chi connectivity index (χ2n) is 7.49. The van der Waals surface area contributed by atoms with Crippen LogP contribution in [0.3, 0.4) is 0 Å². The van der Waals surface area contributed by atoms with Crippen molar-refractivity contribution in [3.63, 3.8) is 0 Å². The molecule has 1 aromatic heterocycles. The molecule has 0 saturated heterocycles. The minimum Gasteiger partial charge on any atom is -0.454 e. The number of hydrogen-bond acceptors (Lipinski definition) is 5. The van der Waals surface area contributed by atoms with E-state index in [-0.39, 0.29) is 30.7 Å². The van der Waals surface area contributed by atoms with E-state index in [1.807, 2.05) is 28.8 Å². The monoisotopic (exact) mass is 375 g/mol. The van der Waals surface area contributed by atoms with Crippen LogP contribution in [0.25, 0.3) is 10.9 Å². The highest BCUT2D eigenvalue weighted by molar-refractivity contribution is 5.85. The quantitative estimate of drug-likeness (QED) is 0.483. The number of rotatable bonds is 1. The maximum absolute atomic E-state index is 13.4. The first-order valence-electron chi connectivity index (χ1n) is 9.48. The minimum absolute atomic E-state index is 0.0250. The van der Waals surface area contributed by atoms with Crippen LogP contribution in [0.15, 0.2) is 41.2 Å². The molecular formula is C22H17NO5. The van der Waals surface area contributed by atoms with E-state index in [1.165, 1.54) is 5.56 Å². The molecule has 6 heteroatoms. The van der Waals surface area contributed by atoms with E-state index in [2.05, 4.69) is 6.07 Å². The molecule has 6 rings (SSSR count). The van der Waals surface area contributed by atoms with Gasteiger partial charge in [0.1, 0.15) is 5.75 Å². The van der Waals surface area contributed by atoms with Gasteiger partial charge in [-0.15, -0.1) is 0 Å². The third-order valence-corrected chi connectivity index (χ3v) is 5.90. The Morgan fingerprint density at radius 1 is 0.964 bits per heavy atom. The van der Waals surface area contributed by atoms with E-state index in [0.717, 1.165) is 29.3 Å². The van der Waals surface area contributed by atoms with Gasteiger partial charge < -0.3 is 18.8 Å². The SMILES string of the molecule is O=C1C[C@@H](c2cc3cccc4c3n(c2=O)CCC4)c2cc3c(cc2O1)OCO3. The van der Waals surface area contributed by atoms with E-state index in [0.29, 0.717) is 29.4 Å². The third kappa shape index (κ3) is 2.14. The second-order valence-corrected chi connectivity index (χ2v) is 7.49. The van der Waals surface area contributed by atoms with Crippen molar-refractivity contribution in [2.24, 2.45) is 0 Å². The molecule has 0 amide bonds. The predicted octanol–water partition coefficient (Wildman–Crippen LogP) is 3.12. The molecule has 0 spiro atoms. The first kappa shape index (κ1) is 15.7. The van der Waals surface area contributed by atoms with Crippen LogP contribution in [0.5, 0.6) is 17.2 Å². The van der Waals surface area contributed by atoms with Crippen LogP contribution < -0.4 is 19.8 Å². The van der Waals surface area contributed by atoms with Crippen LogP contribution in [0, 0.1) is 0 Å². The van der Waals surface area contributed by atoms with Crippen LogP contribution in [0.2, 0.25) is 0 Å². The Morgan fingerprint density at radius 2 is 1.82 bits per heavy atom. The molecule has 4 heterocycles. The van der Waals surface area contributed by atoms with E-state index < -0.39 is 0 Å². The molecule has 1 atom stereocenters. The van der Waals surface area contributed by atoms with Crippen molar-refractivity contribution in [2.75, 3.05) is 6.79 Å². The van der Waals surface area contributed by atoms with Crippen LogP contribution in [-0.4, -0.2) is 17.3 Å². The van der Waals surface area contributed by atoms with Gasteiger partial charge in [0.15, 0.2) is 11.5 Å². The Bertz CT molecular complexity index is 1230. The number of hydrogen-bond donors (Lipinski definition) is 0. The summed E-state index contributed by atoms with van der Waals surface area (Å²) in [5.41, 5.74) is 3.62. The zero-order valence-corrected chi connectivity index (χ0v) is 15.1. The lowest BCUT2D eigenvalue weighted by molar-refractivity contribution is -0.135. The second kappa shape index (κ2) is 5.61. The molecule has 0 fully saturated rings. The van der Waals surface area contributed by atoms with E-state index in [1.54, 1.807) is 6.07 Å². The summed E-state index contributed by atoms with van der Waals surface area (Å²) >= 11 is 0. The van der Waals surface area contributed by atoms with Gasteiger partial charge in [-0.3, -0.25) is 9.59 Å². The number of benzene rings is 2. The highest BCUT2D eigenvalue weighted by Crippen LogP contribution is 2.45. The third-order valence-electron chi connectivity index (χ3n) is 5.90. The zero-order valence-electron chi connectivity index (χ0n) is 15.1. The van der Waals surface area contributed by atoms with Gasteiger partial charge >= 0.3 is 5.97 Å². The van der Waals surface area contributed by atoms with Crippen LogP contribution in [0.1, 0.15) is 35.4 Å². The molecule has 0 N–H and O–H groups in total. The molecular weight excluding hydrogens is 358 g/mol. The fourth-order valence-corrected chi connectivity index (χ4v) is 4.65. The number of carbonyl (C=O) groups excluding carboxylic acids is 1. The van der Waals surface area contributed by atoms with Crippen molar-refractivity contribution in [3.8, 4) is 17.2 Å². The Balaban J connectivity index is 1.60. The summed E-state index contributed by atoms with van der Waals surface area (Å²) in [5, 5.41) is 1.04. The number of aromatic nitrogens is 1. The number of para-hydroxylation sites is 1. The predicted molar refractivity (Wildman–Crippen MR) is 101 cm³/mol. The first-order valence-corrected chi connectivity index (χ1v) is 9.48. The summed E-state index contributed by atoms with van der Waals surface area (Å²) in [7, 11) is 0. The topological polar surface area (TPSA) is 66.8 Å². The van der Waals surface area contributed by atoms with Gasteiger partial charge in [0.05, 0.1) is 11.9 Å². The number of pyridine rings is 1. The lowest BCUT2D eigenvalue weighted by Crippen LogP contribution is -2.31. The van der Waals surface area contributed by atoms with Crippen molar-refractivity contribution in [2.45, 2.75) is 31.7 Å². The van der Waals surface area contributed by atoms with Gasteiger partial charge in [-0.05, 0) is 35.9 Å². The minimum atomic E-state index is -0.364. The van der Waals surface area contributed by atoms with E-state index in [9.17, 15) is 9.59 Å². The smallest absolute Gasteiger partial charge is 0.312 e. The van der Waals surface area contributed by atoms with Crippen molar-refractivity contribution in [3.05, 3.63) is 63.4 Å². The molecule has 0 bridgehead atoms. The summed E-state index contributed by atoms with van der Waals surface area (Å²) in [6, 6.07) is 11.6. The fourth-order valence-electron chi connectivity index (χ4n) is 4.65. The zero-order chi connectivity index (χ0) is 18.8. The molecule has 0 aliphatic carbocycles. The molecule has 3 aliphatic heterocycles. The van der Waals surface area contributed by atoms with E-state index in [4.69, 9.17) is 14.2 Å². The molecule has 140 valence electrons. The van der Waals surface area contributed by atoms with Crippen LogP contribution in [-0.2, 0) is 17.8 Å². The number of carbonyl (C=O) groups is 1. The number of esters is 1. The number of ether oxygens (including phenoxy) is 3. The fraction of sp³-hybridized carbons (Fsp3) is 0.273. The summed E-state index contributed by atoms with van der Waals surface area (Å²) < 4.78 is 18.2. The Labute approximate surface area is 160 Å². The van der Waals surface area contributed by atoms with Gasteiger partial charge in [0.25, 0.3) is 5.56 Å². The average molecular weight is 375 g/mol. The standard InChI is InChI=1S/C22H17NO5/c24-20-9-14(15-8-18-19(27-11-26-18)10-17(15)28-20)16-7-13-4-1-3-12-5-2-6-23(21(12)13)22(16)25/h1,3-4,7-8,10,14H,2,5-6,9,11H2/t14-/m1/s1. The molecule has 28 heavy (non-hydrogen) atoms. The summed E-state index contributed by atoms with van der Waals surface area (Å²) in [4.78, 5) is 25.7. The number of nitrogens with zero attached hydrogens (tertiary/aromatic N) is 1. The van der Waals surface area contributed by atoms with Crippen molar-refractivity contribution in [1.29, 1.82) is 0 Å². The van der Waals surface area contributed by atoms with Crippen LogP contribution >= 0.6 is 0 Å². The summed E-state index contributed by atoms with van der Waals surface area (Å²) in [6.07, 6.45) is 2.06. The molecule has 0 radical (unpaired) electrons. The Kier molecular flexibility index (Phi) is 3.15. The Hall–Kier alpha value is -3.28. The van der Waals surface area contributed by atoms with Crippen molar-refractivity contribution < 1.29 is 19.0 Å². The Morgan fingerprint density at radius 3 is 2.71 bits per heavy atom. The summed E-state index contributed by atoms with van der Waals surface area (Å²) in [5.74, 6) is 0.908. The first-order chi connectivity index (χ1) is 13.7. The highest BCUT2D eigenvalue weighted by Gasteiger charge is 2.34. The van der Waals surface area contributed by atoms with E-state index >= 15 is 0 Å². The average Bonchev–Trinajstić information content (AvgIpc) is 3.16. The maximum atomic E-state index is 13.4. The maximum Gasteiger partial charge on any atom is 0.312 e. The van der Waals surface area contributed by atoms with Crippen molar-refractivity contribution in [1.82, 2.24) is 4.57 Å². The molecule has 2 aromatic carbocycles. The van der Waals surface area contributed by atoms with Gasteiger partial charge in [0.2, 0.25) is 6.79 Å². The van der Waals surface area contributed by atoms with Crippen LogP contribution in [0.4, 0.5) is 0 Å². The lowest BCUT2D eigenvalue weighted by Gasteiger charge is -2.27. The molecule has 0 saturated carbocycles. The van der Waals surface area contributed by atoms with Gasteiger partial charge in [-0.25, -0.2) is 0 Å². The van der Waals surface area contributed by atoms with Gasteiger partial charge in [-0.1, -0.05) is 18.2 Å². The highest BCUT2D eigenvalue weighted by atomic mass is 16.7. The lowest BCUT2D eigenvalue weighted by atomic mass is 9.85. The van der Waals surface area contributed by atoms with Gasteiger partial charge in [-0.2, -0.15) is 0 Å². The van der Waals surface area contributed by atoms with Gasteiger partial charge in [0, 0.05) is 29.7 Å². The molecule has 3 aliphatic rings.